The number of hydrogen-bond acceptors (Lipinski definition) is 8. The molecule has 9 nitrogen and oxygen atoms in total. The molecule has 0 aliphatic carbocycles. The van der Waals surface area contributed by atoms with Crippen molar-refractivity contribution in [3.05, 3.63) is 42.5 Å². The zero-order valence-corrected chi connectivity index (χ0v) is 21.5. The van der Waals surface area contributed by atoms with Crippen LogP contribution in [0.1, 0.15) is 12.8 Å². The molecule has 6 rings (SSSR count). The number of piperidine rings is 1. The number of benzene rings is 2. The summed E-state index contributed by atoms with van der Waals surface area (Å²) in [5.74, 6) is 1.01. The van der Waals surface area contributed by atoms with Crippen LogP contribution in [0.25, 0.3) is 10.2 Å². The second-order valence-corrected chi connectivity index (χ2v) is 12.2. The predicted octanol–water partition coefficient (Wildman–Crippen LogP) is 2.82. The number of carbonyl (C=O) groups excluding carboxylic acids is 1. The summed E-state index contributed by atoms with van der Waals surface area (Å²) in [5, 5.41) is 1.00. The van der Waals surface area contributed by atoms with Crippen molar-refractivity contribution in [1.82, 2.24) is 14.2 Å². The minimum Gasteiger partial charge on any atom is -0.486 e. The largest absolute Gasteiger partial charge is 0.486 e. The fourth-order valence-corrected chi connectivity index (χ4v) is 7.55. The van der Waals surface area contributed by atoms with Crippen molar-refractivity contribution in [3.8, 4) is 11.5 Å². The van der Waals surface area contributed by atoms with Crippen molar-refractivity contribution < 1.29 is 22.7 Å². The van der Waals surface area contributed by atoms with Gasteiger partial charge in [-0.2, -0.15) is 4.31 Å². The third-order valence-corrected chi connectivity index (χ3v) is 10.1. The fraction of sp³-hybridized carbons (Fsp3) is 0.440. The van der Waals surface area contributed by atoms with Crippen LogP contribution >= 0.6 is 11.3 Å². The summed E-state index contributed by atoms with van der Waals surface area (Å²) < 4.78 is 40.1. The van der Waals surface area contributed by atoms with Crippen molar-refractivity contribution in [2.45, 2.75) is 17.7 Å². The van der Waals surface area contributed by atoms with Crippen molar-refractivity contribution >= 4 is 42.6 Å². The number of ether oxygens (including phenoxy) is 2. The lowest BCUT2D eigenvalue weighted by Crippen LogP contribution is -2.52. The van der Waals surface area contributed by atoms with Crippen molar-refractivity contribution in [2.75, 3.05) is 57.4 Å². The molecule has 3 aliphatic rings. The Kier molecular flexibility index (Phi) is 6.22. The Morgan fingerprint density at radius 3 is 2.39 bits per heavy atom. The molecule has 11 heteroatoms. The minimum absolute atomic E-state index is 0.135. The topological polar surface area (TPSA) is 92.3 Å². The Morgan fingerprint density at radius 1 is 0.917 bits per heavy atom. The number of aromatic nitrogens is 1. The van der Waals surface area contributed by atoms with Crippen molar-refractivity contribution in [1.29, 1.82) is 0 Å². The highest BCUT2D eigenvalue weighted by molar-refractivity contribution is 7.89. The van der Waals surface area contributed by atoms with Gasteiger partial charge in [0, 0.05) is 51.3 Å². The summed E-state index contributed by atoms with van der Waals surface area (Å²) in [7, 11) is -3.66. The summed E-state index contributed by atoms with van der Waals surface area (Å²) in [6, 6.07) is 12.9. The summed E-state index contributed by atoms with van der Waals surface area (Å²) in [6.07, 6.45) is 1.06. The highest BCUT2D eigenvalue weighted by Gasteiger charge is 2.35. The van der Waals surface area contributed by atoms with Crippen LogP contribution in [0.15, 0.2) is 47.4 Å². The van der Waals surface area contributed by atoms with E-state index in [0.29, 0.717) is 63.7 Å². The molecule has 190 valence electrons. The average molecular weight is 529 g/mol. The van der Waals surface area contributed by atoms with E-state index in [9.17, 15) is 13.2 Å². The standard InChI is InChI=1S/C25H28N4O5S2/c30-24(27-11-13-28(14-12-27)25-26-20-3-1-2-4-23(20)35-25)18-7-9-29(10-8-18)36(31,32)19-5-6-21-22(17-19)34-16-15-33-21/h1-6,17-18H,7-16H2. The number of para-hydroxylation sites is 1. The van der Waals surface area contributed by atoms with E-state index in [1.165, 1.54) is 15.1 Å². The van der Waals surface area contributed by atoms with Gasteiger partial charge in [-0.25, -0.2) is 13.4 Å². The maximum atomic E-state index is 13.2. The van der Waals surface area contributed by atoms with E-state index < -0.39 is 10.0 Å². The van der Waals surface area contributed by atoms with Gasteiger partial charge >= 0.3 is 0 Å². The molecule has 0 N–H and O–H groups in total. The average Bonchev–Trinajstić information content (AvgIpc) is 3.37. The van der Waals surface area contributed by atoms with Gasteiger partial charge in [-0.3, -0.25) is 4.79 Å². The van der Waals surface area contributed by atoms with E-state index in [0.717, 1.165) is 23.7 Å². The van der Waals surface area contributed by atoms with Crippen LogP contribution in [0.2, 0.25) is 0 Å². The lowest BCUT2D eigenvalue weighted by molar-refractivity contribution is -0.137. The normalized spacial score (nSPS) is 19.6. The molecule has 0 unspecified atom stereocenters. The van der Waals surface area contributed by atoms with E-state index in [1.54, 1.807) is 23.5 Å². The first kappa shape index (κ1) is 23.5. The zero-order chi connectivity index (χ0) is 24.7. The number of amides is 1. The summed E-state index contributed by atoms with van der Waals surface area (Å²) in [4.78, 5) is 22.3. The SMILES string of the molecule is O=C(C1CCN(S(=O)(=O)c2ccc3c(c2)OCCO3)CC1)N1CCN(c2nc3ccccc3s2)CC1. The fourth-order valence-electron chi connectivity index (χ4n) is 5.05. The number of carbonyl (C=O) groups is 1. The monoisotopic (exact) mass is 528 g/mol. The molecule has 3 aliphatic heterocycles. The first-order valence-corrected chi connectivity index (χ1v) is 14.5. The number of hydrogen-bond donors (Lipinski definition) is 0. The number of thiazole rings is 1. The first-order valence-electron chi connectivity index (χ1n) is 12.3. The molecule has 0 saturated carbocycles. The predicted molar refractivity (Wildman–Crippen MR) is 137 cm³/mol. The molecular weight excluding hydrogens is 500 g/mol. The van der Waals surface area contributed by atoms with Gasteiger partial charge in [0.05, 0.1) is 15.1 Å². The van der Waals surface area contributed by atoms with E-state index in [-0.39, 0.29) is 16.7 Å². The number of piperazine rings is 1. The molecule has 1 amide bonds. The number of rotatable bonds is 4. The smallest absolute Gasteiger partial charge is 0.243 e. The lowest BCUT2D eigenvalue weighted by atomic mass is 9.96. The molecule has 0 radical (unpaired) electrons. The second-order valence-electron chi connectivity index (χ2n) is 9.26. The summed E-state index contributed by atoms with van der Waals surface area (Å²) in [6.45, 7) is 4.34. The molecule has 0 atom stereocenters. The van der Waals surface area contributed by atoms with E-state index >= 15 is 0 Å². The number of sulfonamides is 1. The summed E-state index contributed by atoms with van der Waals surface area (Å²) in [5.41, 5.74) is 1.01. The highest BCUT2D eigenvalue weighted by atomic mass is 32.2. The Balaban J connectivity index is 1.04. The third-order valence-electron chi connectivity index (χ3n) is 7.10. The second kappa shape index (κ2) is 9.53. The molecular formula is C25H28N4O5S2. The Hall–Kier alpha value is -2.89. The van der Waals surface area contributed by atoms with E-state index in [2.05, 4.69) is 11.0 Å². The Morgan fingerprint density at radius 2 is 1.64 bits per heavy atom. The number of anilines is 1. The Labute approximate surface area is 214 Å². The molecule has 2 fully saturated rings. The Bertz CT molecular complexity index is 1340. The van der Waals surface area contributed by atoms with Gasteiger partial charge in [-0.15, -0.1) is 0 Å². The van der Waals surface area contributed by atoms with Crippen LogP contribution in [-0.2, 0) is 14.8 Å². The van der Waals surface area contributed by atoms with Crippen LogP contribution in [0.5, 0.6) is 11.5 Å². The molecule has 4 heterocycles. The third kappa shape index (κ3) is 4.39. The molecule has 0 spiro atoms. The number of nitrogens with zero attached hydrogens (tertiary/aromatic N) is 4. The minimum atomic E-state index is -3.66. The van der Waals surface area contributed by atoms with Crippen molar-refractivity contribution in [3.63, 3.8) is 0 Å². The van der Waals surface area contributed by atoms with Crippen LogP contribution in [-0.4, -0.2) is 81.0 Å². The quantitative estimate of drug-likeness (QED) is 0.514. The van der Waals surface area contributed by atoms with Crippen LogP contribution in [0, 0.1) is 5.92 Å². The highest BCUT2D eigenvalue weighted by Crippen LogP contribution is 2.34. The van der Waals surface area contributed by atoms with Crippen molar-refractivity contribution in [2.24, 2.45) is 5.92 Å². The zero-order valence-electron chi connectivity index (χ0n) is 19.8. The van der Waals surface area contributed by atoms with Gasteiger partial charge in [-0.1, -0.05) is 23.5 Å². The van der Waals surface area contributed by atoms with Gasteiger partial charge < -0.3 is 19.3 Å². The van der Waals surface area contributed by atoms with Gasteiger partial charge in [0.2, 0.25) is 15.9 Å². The van der Waals surface area contributed by atoms with Crippen LogP contribution in [0.4, 0.5) is 5.13 Å². The molecule has 36 heavy (non-hydrogen) atoms. The van der Waals surface area contributed by atoms with E-state index in [4.69, 9.17) is 14.5 Å². The molecule has 2 aromatic carbocycles. The maximum Gasteiger partial charge on any atom is 0.243 e. The maximum absolute atomic E-state index is 13.2. The molecule has 3 aromatic rings. The van der Waals surface area contributed by atoms with Crippen LogP contribution < -0.4 is 14.4 Å². The van der Waals surface area contributed by atoms with E-state index in [1.807, 2.05) is 23.1 Å². The number of fused-ring (bicyclic) bond motifs is 2. The van der Waals surface area contributed by atoms with Gasteiger partial charge in [0.25, 0.3) is 0 Å². The van der Waals surface area contributed by atoms with Gasteiger partial charge in [0.1, 0.15) is 13.2 Å². The van der Waals surface area contributed by atoms with Crippen LogP contribution in [0.3, 0.4) is 0 Å². The molecule has 0 bridgehead atoms. The first-order chi connectivity index (χ1) is 17.5. The van der Waals surface area contributed by atoms with Gasteiger partial charge in [0.15, 0.2) is 16.6 Å². The lowest BCUT2D eigenvalue weighted by Gasteiger charge is -2.38. The van der Waals surface area contributed by atoms with Gasteiger partial charge in [-0.05, 0) is 37.1 Å². The summed E-state index contributed by atoms with van der Waals surface area (Å²) >= 11 is 1.68. The molecule has 2 saturated heterocycles. The molecule has 1 aromatic heterocycles.